The fourth-order valence-electron chi connectivity index (χ4n) is 7.11. The lowest BCUT2D eigenvalue weighted by Gasteiger charge is -2.38. The van der Waals surface area contributed by atoms with Crippen molar-refractivity contribution in [2.45, 2.75) is 63.0 Å². The van der Waals surface area contributed by atoms with Gasteiger partial charge in [0.2, 0.25) is 0 Å². The minimum Gasteiger partial charge on any atom is -0.461 e. The highest BCUT2D eigenvalue weighted by Gasteiger charge is 2.45. The molecule has 0 spiro atoms. The second-order valence-corrected chi connectivity index (χ2v) is 12.4. The number of rotatable bonds is 6. The zero-order valence-electron chi connectivity index (χ0n) is 23.1. The van der Waals surface area contributed by atoms with E-state index in [-0.39, 0.29) is 45.3 Å². The molecule has 4 aromatic rings. The number of aromatic amines is 1. The highest BCUT2D eigenvalue weighted by Crippen LogP contribution is 2.44. The summed E-state index contributed by atoms with van der Waals surface area (Å²) in [5.41, 5.74) is -1.77. The van der Waals surface area contributed by atoms with Crippen LogP contribution in [-0.2, 0) is 0 Å². The van der Waals surface area contributed by atoms with Gasteiger partial charge in [0.15, 0.2) is 5.82 Å². The van der Waals surface area contributed by atoms with E-state index in [0.717, 1.165) is 38.8 Å². The summed E-state index contributed by atoms with van der Waals surface area (Å²) in [5.74, 6) is -0.508. The van der Waals surface area contributed by atoms with Crippen molar-refractivity contribution in [1.82, 2.24) is 30.0 Å². The maximum absolute atomic E-state index is 16.6. The van der Waals surface area contributed by atoms with Gasteiger partial charge in [-0.1, -0.05) is 11.6 Å². The van der Waals surface area contributed by atoms with Crippen molar-refractivity contribution in [2.75, 3.05) is 37.7 Å². The molecule has 6 heterocycles. The first-order valence-electron chi connectivity index (χ1n) is 14.3. The molecule has 2 N–H and O–H groups in total. The molecule has 3 fully saturated rings. The van der Waals surface area contributed by atoms with E-state index in [1.165, 1.54) is 18.5 Å². The van der Waals surface area contributed by atoms with E-state index in [1.54, 1.807) is 6.92 Å². The molecule has 0 saturated carbocycles. The van der Waals surface area contributed by atoms with Gasteiger partial charge in [0, 0.05) is 35.8 Å². The molecule has 0 amide bonds. The summed E-state index contributed by atoms with van der Waals surface area (Å²) >= 11 is 6.25. The first-order chi connectivity index (χ1) is 20.2. The molecule has 3 aromatic heterocycles. The number of alkyl halides is 2. The normalized spacial score (nSPS) is 22.5. The number of nitrogens with zero attached hydrogens (tertiary/aromatic N) is 6. The van der Waals surface area contributed by atoms with E-state index in [1.807, 2.05) is 4.90 Å². The van der Waals surface area contributed by atoms with Gasteiger partial charge in [-0.3, -0.25) is 15.0 Å². The van der Waals surface area contributed by atoms with Gasteiger partial charge in [-0.15, -0.1) is 0 Å². The number of piperidine rings is 1. The van der Waals surface area contributed by atoms with Crippen molar-refractivity contribution in [2.24, 2.45) is 0 Å². The summed E-state index contributed by atoms with van der Waals surface area (Å²) in [6.07, 6.45) is 5.29. The van der Waals surface area contributed by atoms with Crippen molar-refractivity contribution >= 4 is 39.2 Å². The number of hydrogen-bond acceptors (Lipinski definition) is 8. The van der Waals surface area contributed by atoms with Gasteiger partial charge in [0.1, 0.15) is 23.6 Å². The first-order valence-corrected chi connectivity index (χ1v) is 14.7. The van der Waals surface area contributed by atoms with Crippen LogP contribution in [-0.4, -0.2) is 79.1 Å². The van der Waals surface area contributed by atoms with E-state index in [9.17, 15) is 13.9 Å². The minimum absolute atomic E-state index is 0.000488. The Morgan fingerprint density at radius 1 is 1.10 bits per heavy atom. The summed E-state index contributed by atoms with van der Waals surface area (Å²) in [6, 6.07) is 1.34. The SMILES string of the molecule is C[C@@]1(O)CCCN(c2nc(OCC34CCCN3CCC4)nc3c(F)c(-c4c(C(F)F)c(Cl)cc5[nH]ncc45)ncc23)C1. The van der Waals surface area contributed by atoms with Crippen LogP contribution in [0.5, 0.6) is 6.01 Å². The molecule has 0 aliphatic carbocycles. The highest BCUT2D eigenvalue weighted by atomic mass is 35.5. The molecular weight excluding hydrogens is 571 g/mol. The number of nitrogens with one attached hydrogen (secondary N) is 1. The van der Waals surface area contributed by atoms with Crippen molar-refractivity contribution < 1.29 is 23.0 Å². The summed E-state index contributed by atoms with van der Waals surface area (Å²) in [6.45, 7) is 5.03. The number of fused-ring (bicyclic) bond motifs is 3. The highest BCUT2D eigenvalue weighted by molar-refractivity contribution is 6.33. The van der Waals surface area contributed by atoms with E-state index < -0.39 is 23.4 Å². The maximum Gasteiger partial charge on any atom is 0.319 e. The van der Waals surface area contributed by atoms with Crippen LogP contribution < -0.4 is 9.64 Å². The van der Waals surface area contributed by atoms with Gasteiger partial charge in [-0.2, -0.15) is 15.1 Å². The predicted molar refractivity (Wildman–Crippen MR) is 153 cm³/mol. The molecule has 13 heteroatoms. The third-order valence-electron chi connectivity index (χ3n) is 9.09. The van der Waals surface area contributed by atoms with Gasteiger partial charge < -0.3 is 14.7 Å². The predicted octanol–water partition coefficient (Wildman–Crippen LogP) is 5.66. The molecule has 3 aliphatic heterocycles. The standard InChI is InChI=1S/C29H31ClF3N7O2/c1-28(41)5-2-8-39(14-28)26-17-12-34-24(20-16-13-35-38-19(16)11-18(30)21(20)25(32)33)22(31)23(17)36-27(37-26)42-15-29-6-3-9-40(29)10-4-7-29/h11-13,25,41H,2-10,14-15H2,1H3,(H,35,38)/t28-/m1/s1. The van der Waals surface area contributed by atoms with Gasteiger partial charge in [-0.05, 0) is 64.6 Å². The molecule has 7 rings (SSSR count). The number of anilines is 1. The van der Waals surface area contributed by atoms with E-state index in [2.05, 4.69) is 25.1 Å². The van der Waals surface area contributed by atoms with Gasteiger partial charge >= 0.3 is 6.01 Å². The second kappa shape index (κ2) is 10.2. The number of benzene rings is 1. The first kappa shape index (κ1) is 27.6. The molecule has 9 nitrogen and oxygen atoms in total. The Kier molecular flexibility index (Phi) is 6.70. The van der Waals surface area contributed by atoms with Crippen LogP contribution in [0.25, 0.3) is 33.1 Å². The zero-order valence-corrected chi connectivity index (χ0v) is 23.9. The van der Waals surface area contributed by atoms with Crippen LogP contribution in [0.2, 0.25) is 5.02 Å². The summed E-state index contributed by atoms with van der Waals surface area (Å²) in [7, 11) is 0. The molecule has 222 valence electrons. The summed E-state index contributed by atoms with van der Waals surface area (Å²) in [4.78, 5) is 17.9. The minimum atomic E-state index is -2.99. The Balaban J connectivity index is 1.39. The molecule has 3 aliphatic rings. The molecule has 1 aromatic carbocycles. The molecule has 0 bridgehead atoms. The topological polar surface area (TPSA) is 103 Å². The lowest BCUT2D eigenvalue weighted by molar-refractivity contribution is 0.0447. The number of H-pyrrole nitrogens is 1. The fourth-order valence-corrected chi connectivity index (χ4v) is 7.39. The molecule has 0 unspecified atom stereocenters. The Morgan fingerprint density at radius 2 is 1.86 bits per heavy atom. The van der Waals surface area contributed by atoms with E-state index in [4.69, 9.17) is 21.3 Å². The molecule has 42 heavy (non-hydrogen) atoms. The number of pyridine rings is 1. The van der Waals surface area contributed by atoms with Gasteiger partial charge in [0.05, 0.1) is 33.3 Å². The Morgan fingerprint density at radius 3 is 2.60 bits per heavy atom. The van der Waals surface area contributed by atoms with Gasteiger partial charge in [0.25, 0.3) is 6.43 Å². The molecule has 0 radical (unpaired) electrons. The van der Waals surface area contributed by atoms with Crippen molar-refractivity contribution in [1.29, 1.82) is 0 Å². The number of halogens is 4. The average Bonchev–Trinajstić information content (AvgIpc) is 3.67. The average molecular weight is 602 g/mol. The number of aliphatic hydroxyl groups is 1. The third-order valence-corrected chi connectivity index (χ3v) is 9.40. The maximum atomic E-state index is 16.6. The number of ether oxygens (including phenoxy) is 1. The van der Waals surface area contributed by atoms with Crippen LogP contribution in [0.1, 0.15) is 57.4 Å². The van der Waals surface area contributed by atoms with Crippen molar-refractivity contribution in [3.05, 3.63) is 34.9 Å². The van der Waals surface area contributed by atoms with Crippen molar-refractivity contribution in [3.8, 4) is 17.3 Å². The van der Waals surface area contributed by atoms with Crippen LogP contribution in [0.4, 0.5) is 19.0 Å². The smallest absolute Gasteiger partial charge is 0.319 e. The fraction of sp³-hybridized carbons (Fsp3) is 0.517. The van der Waals surface area contributed by atoms with Crippen LogP contribution in [0.15, 0.2) is 18.5 Å². The third kappa shape index (κ3) is 4.55. The number of aromatic nitrogens is 5. The number of hydrogen-bond donors (Lipinski definition) is 2. The van der Waals surface area contributed by atoms with Gasteiger partial charge in [-0.25, -0.2) is 13.2 Å². The Bertz CT molecular complexity index is 1670. The number of β-amino-alcohol motifs (C(OH)–C–C–N with tert-alkyl or cyclic N) is 1. The summed E-state index contributed by atoms with van der Waals surface area (Å²) < 4.78 is 51.4. The quantitative estimate of drug-likeness (QED) is 0.292. The molecule has 3 saturated heterocycles. The lowest BCUT2D eigenvalue weighted by atomic mass is 9.95. The second-order valence-electron chi connectivity index (χ2n) is 12.0. The molecule has 1 atom stereocenters. The Labute approximate surface area is 245 Å². The van der Waals surface area contributed by atoms with Crippen molar-refractivity contribution in [3.63, 3.8) is 0 Å². The van der Waals surface area contributed by atoms with Crippen LogP contribution >= 0.6 is 11.6 Å². The monoisotopic (exact) mass is 601 g/mol. The van der Waals surface area contributed by atoms with Crippen LogP contribution in [0, 0.1) is 5.82 Å². The van der Waals surface area contributed by atoms with E-state index in [0.29, 0.717) is 42.7 Å². The van der Waals surface area contributed by atoms with Crippen LogP contribution in [0.3, 0.4) is 0 Å². The molecular formula is C29H31ClF3N7O2. The Hall–Kier alpha value is -3.22. The zero-order chi connectivity index (χ0) is 29.2. The summed E-state index contributed by atoms with van der Waals surface area (Å²) in [5, 5.41) is 17.8. The largest absolute Gasteiger partial charge is 0.461 e. The lowest BCUT2D eigenvalue weighted by Crippen LogP contribution is -2.46. The van der Waals surface area contributed by atoms with E-state index >= 15 is 4.39 Å².